The predicted octanol–water partition coefficient (Wildman–Crippen LogP) is 6.45. The Morgan fingerprint density at radius 3 is 2.58 bits per heavy atom. The summed E-state index contributed by atoms with van der Waals surface area (Å²) in [5, 5.41) is 0. The van der Waals surface area contributed by atoms with Crippen LogP contribution in [0.2, 0.25) is 0 Å². The number of likely N-dealkylation sites (tertiary alicyclic amines) is 1. The summed E-state index contributed by atoms with van der Waals surface area (Å²) in [5.74, 6) is 0.515. The normalized spacial score (nSPS) is 18.3. The maximum atomic E-state index is 14.0. The van der Waals surface area contributed by atoms with Gasteiger partial charge in [-0.2, -0.15) is 0 Å². The molecule has 2 heterocycles. The van der Waals surface area contributed by atoms with E-state index < -0.39 is 5.54 Å². The summed E-state index contributed by atoms with van der Waals surface area (Å²) in [5.41, 5.74) is 7.09. The topological polar surface area (TPSA) is 49.0 Å². The highest BCUT2D eigenvalue weighted by Gasteiger charge is 2.44. The summed E-state index contributed by atoms with van der Waals surface area (Å²) in [6, 6.07) is 16.4. The third kappa shape index (κ3) is 3.52. The van der Waals surface area contributed by atoms with E-state index in [1.165, 1.54) is 17.7 Å². The van der Waals surface area contributed by atoms with Gasteiger partial charge >= 0.3 is 0 Å². The van der Waals surface area contributed by atoms with Gasteiger partial charge in [0.2, 0.25) is 0 Å². The van der Waals surface area contributed by atoms with Crippen molar-refractivity contribution in [2.75, 3.05) is 6.54 Å². The molecule has 5 rings (SSSR count). The average molecular weight is 442 g/mol. The van der Waals surface area contributed by atoms with Crippen molar-refractivity contribution in [1.29, 1.82) is 0 Å². The molecule has 168 valence electrons. The Kier molecular flexibility index (Phi) is 5.08. The number of benzene rings is 3. The van der Waals surface area contributed by atoms with E-state index in [2.05, 4.69) is 37.9 Å². The molecule has 1 amide bonds. The fourth-order valence-electron chi connectivity index (χ4n) is 4.96. The molecule has 1 N–H and O–H groups in total. The number of halogens is 1. The maximum Gasteiger partial charge on any atom is 0.255 e. The Morgan fingerprint density at radius 2 is 1.82 bits per heavy atom. The SMILES string of the molecule is Cc1ccc(-c2ccc(F)cc2)c(C(=O)N2CCCC2(C)c2nc3c(C)c(C)ccc3[nH]2)c1. The Balaban J connectivity index is 1.59. The number of aromatic amines is 1. The molecule has 1 atom stereocenters. The lowest BCUT2D eigenvalue weighted by atomic mass is 9.94. The van der Waals surface area contributed by atoms with Crippen LogP contribution >= 0.6 is 0 Å². The van der Waals surface area contributed by atoms with Gasteiger partial charge in [0.25, 0.3) is 5.91 Å². The first-order valence-electron chi connectivity index (χ1n) is 11.4. The number of carbonyl (C=O) groups excluding carboxylic acids is 1. The van der Waals surface area contributed by atoms with Crippen LogP contribution in [0.4, 0.5) is 4.39 Å². The van der Waals surface area contributed by atoms with Crippen LogP contribution < -0.4 is 0 Å². The van der Waals surface area contributed by atoms with Crippen LogP contribution in [0.25, 0.3) is 22.2 Å². The van der Waals surface area contributed by atoms with Crippen LogP contribution in [0, 0.1) is 26.6 Å². The number of carbonyl (C=O) groups is 1. The summed E-state index contributed by atoms with van der Waals surface area (Å²) in [6.45, 7) is 8.93. The molecule has 4 nitrogen and oxygen atoms in total. The number of aromatic nitrogens is 2. The van der Waals surface area contributed by atoms with Gasteiger partial charge in [0.05, 0.1) is 16.6 Å². The molecule has 4 aromatic rings. The molecule has 1 fully saturated rings. The second-order valence-corrected chi connectivity index (χ2v) is 9.38. The minimum absolute atomic E-state index is 0.0219. The lowest BCUT2D eigenvalue weighted by molar-refractivity contribution is 0.0606. The molecular weight excluding hydrogens is 413 g/mol. The largest absolute Gasteiger partial charge is 0.340 e. The van der Waals surface area contributed by atoms with Gasteiger partial charge < -0.3 is 9.88 Å². The van der Waals surface area contributed by atoms with Crippen LogP contribution in [-0.4, -0.2) is 27.3 Å². The maximum absolute atomic E-state index is 14.0. The van der Waals surface area contributed by atoms with Crippen LogP contribution in [0.1, 0.15) is 52.6 Å². The van der Waals surface area contributed by atoms with Crippen molar-refractivity contribution in [3.8, 4) is 11.1 Å². The molecular formula is C28H28FN3O. The monoisotopic (exact) mass is 441 g/mol. The molecule has 0 aliphatic carbocycles. The van der Waals surface area contributed by atoms with Crippen molar-refractivity contribution in [3.05, 3.63) is 88.5 Å². The van der Waals surface area contributed by atoms with Gasteiger partial charge in [0, 0.05) is 12.1 Å². The Hall–Kier alpha value is -3.47. The number of nitrogens with zero attached hydrogens (tertiary/aromatic N) is 2. The fraction of sp³-hybridized carbons (Fsp3) is 0.286. The summed E-state index contributed by atoms with van der Waals surface area (Å²) >= 11 is 0. The zero-order valence-electron chi connectivity index (χ0n) is 19.5. The second kappa shape index (κ2) is 7.84. The average Bonchev–Trinajstić information content (AvgIpc) is 3.42. The third-order valence-electron chi connectivity index (χ3n) is 7.14. The van der Waals surface area contributed by atoms with E-state index in [-0.39, 0.29) is 11.7 Å². The Labute approximate surface area is 193 Å². The summed E-state index contributed by atoms with van der Waals surface area (Å²) in [4.78, 5) is 24.4. The Morgan fingerprint density at radius 1 is 1.06 bits per heavy atom. The zero-order chi connectivity index (χ0) is 23.3. The van der Waals surface area contributed by atoms with Gasteiger partial charge in [-0.25, -0.2) is 9.37 Å². The first-order valence-corrected chi connectivity index (χ1v) is 11.4. The van der Waals surface area contributed by atoms with Gasteiger partial charge in [0.1, 0.15) is 11.6 Å². The third-order valence-corrected chi connectivity index (χ3v) is 7.14. The molecule has 1 saturated heterocycles. The summed E-state index contributed by atoms with van der Waals surface area (Å²) < 4.78 is 13.5. The van der Waals surface area contributed by atoms with Gasteiger partial charge in [-0.3, -0.25) is 4.79 Å². The number of H-pyrrole nitrogens is 1. The van der Waals surface area contributed by atoms with E-state index in [1.54, 1.807) is 12.1 Å². The Bertz CT molecular complexity index is 1370. The number of amides is 1. The van der Waals surface area contributed by atoms with E-state index in [0.29, 0.717) is 12.1 Å². The van der Waals surface area contributed by atoms with E-state index in [9.17, 15) is 9.18 Å². The molecule has 1 unspecified atom stereocenters. The molecule has 1 aliphatic heterocycles. The molecule has 0 saturated carbocycles. The van der Waals surface area contributed by atoms with E-state index in [0.717, 1.165) is 52.0 Å². The van der Waals surface area contributed by atoms with Gasteiger partial charge in [-0.05, 0) is 87.1 Å². The molecule has 33 heavy (non-hydrogen) atoms. The van der Waals surface area contributed by atoms with Crippen LogP contribution in [0.5, 0.6) is 0 Å². The first kappa shape index (κ1) is 21.4. The quantitative estimate of drug-likeness (QED) is 0.397. The highest BCUT2D eigenvalue weighted by atomic mass is 19.1. The van der Waals surface area contributed by atoms with E-state index in [1.807, 2.05) is 30.0 Å². The highest BCUT2D eigenvalue weighted by molar-refractivity contribution is 6.01. The smallest absolute Gasteiger partial charge is 0.255 e. The van der Waals surface area contributed by atoms with Crippen LogP contribution in [-0.2, 0) is 5.54 Å². The van der Waals surface area contributed by atoms with Crippen molar-refractivity contribution < 1.29 is 9.18 Å². The first-order chi connectivity index (χ1) is 15.8. The van der Waals surface area contributed by atoms with Crippen molar-refractivity contribution in [2.45, 2.75) is 46.1 Å². The highest BCUT2D eigenvalue weighted by Crippen LogP contribution is 2.40. The number of hydrogen-bond donors (Lipinski definition) is 1. The lowest BCUT2D eigenvalue weighted by Gasteiger charge is -2.34. The van der Waals surface area contributed by atoms with Crippen LogP contribution in [0.15, 0.2) is 54.6 Å². The zero-order valence-corrected chi connectivity index (χ0v) is 19.5. The van der Waals surface area contributed by atoms with E-state index >= 15 is 0 Å². The molecule has 1 aromatic heterocycles. The standard InChI is InChI=1S/C28H28FN3O/c1-17-6-12-22(20-8-10-21(29)11-9-20)23(16-17)26(33)32-15-5-14-28(32,4)27-30-24-13-7-18(2)19(3)25(24)31-27/h6-13,16H,5,14-15H2,1-4H3,(H,30,31). The summed E-state index contributed by atoms with van der Waals surface area (Å²) in [6.07, 6.45) is 1.75. The molecule has 0 spiro atoms. The molecule has 1 aliphatic rings. The fourth-order valence-corrected chi connectivity index (χ4v) is 4.96. The number of rotatable bonds is 3. The van der Waals surface area contributed by atoms with Crippen molar-refractivity contribution >= 4 is 16.9 Å². The molecule has 0 radical (unpaired) electrons. The van der Waals surface area contributed by atoms with Gasteiger partial charge in [-0.1, -0.05) is 35.9 Å². The molecule has 3 aromatic carbocycles. The second-order valence-electron chi connectivity index (χ2n) is 9.38. The van der Waals surface area contributed by atoms with Crippen LogP contribution in [0.3, 0.4) is 0 Å². The predicted molar refractivity (Wildman–Crippen MR) is 130 cm³/mol. The van der Waals surface area contributed by atoms with Gasteiger partial charge in [-0.15, -0.1) is 0 Å². The number of aryl methyl sites for hydroxylation is 3. The minimum atomic E-state index is -0.528. The van der Waals surface area contributed by atoms with Crippen molar-refractivity contribution in [1.82, 2.24) is 14.9 Å². The van der Waals surface area contributed by atoms with Crippen molar-refractivity contribution in [3.63, 3.8) is 0 Å². The van der Waals surface area contributed by atoms with E-state index in [4.69, 9.17) is 4.98 Å². The molecule has 5 heteroatoms. The van der Waals surface area contributed by atoms with Crippen molar-refractivity contribution in [2.24, 2.45) is 0 Å². The number of fused-ring (bicyclic) bond motifs is 1. The minimum Gasteiger partial charge on any atom is -0.340 e. The number of hydrogen-bond acceptors (Lipinski definition) is 2. The molecule has 0 bridgehead atoms. The lowest BCUT2D eigenvalue weighted by Crippen LogP contribution is -2.43. The number of imidazole rings is 1. The number of nitrogens with one attached hydrogen (secondary N) is 1. The summed E-state index contributed by atoms with van der Waals surface area (Å²) in [7, 11) is 0. The van der Waals surface area contributed by atoms with Gasteiger partial charge in [0.15, 0.2) is 0 Å².